The predicted molar refractivity (Wildman–Crippen MR) is 95.2 cm³/mol. The number of carbonyl (C=O) groups is 1. The van der Waals surface area contributed by atoms with E-state index >= 15 is 0 Å². The molecule has 0 radical (unpaired) electrons. The maximum Gasteiger partial charge on any atom is 0.441 e. The summed E-state index contributed by atoms with van der Waals surface area (Å²) in [5.74, 6) is -0.493. The number of halogens is 3. The van der Waals surface area contributed by atoms with Crippen molar-refractivity contribution in [2.75, 3.05) is 0 Å². The molecule has 1 amide bonds. The van der Waals surface area contributed by atoms with Crippen molar-refractivity contribution in [2.24, 2.45) is 10.1 Å². The SMILES string of the molecule is N=C1/C(=C\c2ccc(-c3ccccc3)o2)C(=O)N=C2SC(C(F)(F)F)=NN12. The Morgan fingerprint density at radius 2 is 1.89 bits per heavy atom. The number of nitrogens with zero attached hydrogens (tertiary/aromatic N) is 3. The summed E-state index contributed by atoms with van der Waals surface area (Å²) in [6.07, 6.45) is -3.41. The number of amidine groups is 2. The lowest BCUT2D eigenvalue weighted by atomic mass is 10.1. The van der Waals surface area contributed by atoms with Crippen molar-refractivity contribution in [3.05, 3.63) is 53.8 Å². The van der Waals surface area contributed by atoms with Gasteiger partial charge in [0.25, 0.3) is 5.91 Å². The van der Waals surface area contributed by atoms with Gasteiger partial charge in [0.05, 0.1) is 5.57 Å². The summed E-state index contributed by atoms with van der Waals surface area (Å²) in [5, 5.41) is 10.6. The normalized spacial score (nSPS) is 18.6. The molecule has 136 valence electrons. The molecule has 1 N–H and O–H groups in total. The molecule has 0 saturated carbocycles. The Kier molecular flexibility index (Phi) is 3.99. The van der Waals surface area contributed by atoms with E-state index in [2.05, 4.69) is 10.1 Å². The van der Waals surface area contributed by atoms with Crippen molar-refractivity contribution in [2.45, 2.75) is 6.18 Å². The molecule has 10 heteroatoms. The van der Waals surface area contributed by atoms with Crippen molar-refractivity contribution >= 4 is 39.8 Å². The highest BCUT2D eigenvalue weighted by Gasteiger charge is 2.46. The minimum atomic E-state index is -4.68. The van der Waals surface area contributed by atoms with Gasteiger partial charge in [-0.25, -0.2) is 0 Å². The minimum Gasteiger partial charge on any atom is -0.457 e. The van der Waals surface area contributed by atoms with Gasteiger partial charge >= 0.3 is 6.18 Å². The zero-order valence-electron chi connectivity index (χ0n) is 13.3. The number of carbonyl (C=O) groups excluding carboxylic acids is 1. The molecule has 0 spiro atoms. The second-order valence-electron chi connectivity index (χ2n) is 5.49. The van der Waals surface area contributed by atoms with Gasteiger partial charge in [0.15, 0.2) is 5.84 Å². The molecule has 0 bridgehead atoms. The number of alkyl halides is 3. The molecule has 0 fully saturated rings. The van der Waals surface area contributed by atoms with Crippen LogP contribution in [0.5, 0.6) is 0 Å². The molecule has 3 heterocycles. The number of hydrazone groups is 1. The summed E-state index contributed by atoms with van der Waals surface area (Å²) < 4.78 is 44.1. The molecule has 0 aliphatic carbocycles. The highest BCUT2D eigenvalue weighted by Crippen LogP contribution is 2.35. The van der Waals surface area contributed by atoms with Crippen LogP contribution in [0.15, 0.2) is 62.5 Å². The largest absolute Gasteiger partial charge is 0.457 e. The highest BCUT2D eigenvalue weighted by atomic mass is 32.2. The molecule has 2 aliphatic heterocycles. The second-order valence-corrected chi connectivity index (χ2v) is 6.45. The zero-order chi connectivity index (χ0) is 19.2. The topological polar surface area (TPSA) is 82.0 Å². The summed E-state index contributed by atoms with van der Waals surface area (Å²) in [4.78, 5) is 15.8. The number of nitrogens with one attached hydrogen (secondary N) is 1. The van der Waals surface area contributed by atoms with Crippen molar-refractivity contribution in [3.8, 4) is 11.3 Å². The van der Waals surface area contributed by atoms with E-state index in [1.54, 1.807) is 12.1 Å². The number of rotatable bonds is 2. The highest BCUT2D eigenvalue weighted by molar-refractivity contribution is 8.27. The van der Waals surface area contributed by atoms with Crippen LogP contribution in [0.4, 0.5) is 13.2 Å². The van der Waals surface area contributed by atoms with E-state index in [4.69, 9.17) is 9.83 Å². The van der Waals surface area contributed by atoms with Crippen molar-refractivity contribution in [3.63, 3.8) is 0 Å². The Labute approximate surface area is 154 Å². The maximum absolute atomic E-state index is 12.8. The van der Waals surface area contributed by atoms with Gasteiger partial charge in [0.1, 0.15) is 11.5 Å². The fourth-order valence-corrected chi connectivity index (χ4v) is 3.20. The van der Waals surface area contributed by atoms with Gasteiger partial charge in [-0.3, -0.25) is 10.2 Å². The van der Waals surface area contributed by atoms with Gasteiger partial charge in [0.2, 0.25) is 10.2 Å². The van der Waals surface area contributed by atoms with E-state index in [0.29, 0.717) is 10.8 Å². The number of benzene rings is 1. The summed E-state index contributed by atoms with van der Waals surface area (Å²) in [7, 11) is 0. The molecule has 1 aromatic heterocycles. The number of furan rings is 1. The average Bonchev–Trinajstić information content (AvgIpc) is 3.26. The Bertz CT molecular complexity index is 1040. The number of hydrogen-bond donors (Lipinski definition) is 1. The molecule has 0 unspecified atom stereocenters. The van der Waals surface area contributed by atoms with Gasteiger partial charge in [-0.05, 0) is 30.0 Å². The third-order valence-corrected chi connectivity index (χ3v) is 4.62. The van der Waals surface area contributed by atoms with Gasteiger partial charge in [-0.2, -0.15) is 28.3 Å². The number of amides is 1. The molecular weight excluding hydrogens is 381 g/mol. The molecule has 2 aromatic rings. The van der Waals surface area contributed by atoms with Crippen LogP contribution >= 0.6 is 11.8 Å². The lowest BCUT2D eigenvalue weighted by Gasteiger charge is -2.19. The number of hydrogen-bond acceptors (Lipinski definition) is 5. The van der Waals surface area contributed by atoms with E-state index in [0.717, 1.165) is 5.56 Å². The first-order valence-electron chi connectivity index (χ1n) is 7.55. The standard InChI is InChI=1S/C17H9F3N4O2S/c18-17(19,20)15-23-24-13(21)11(14(25)22-16(24)27-15)8-10-6-7-12(26-10)9-4-2-1-3-5-9/h1-8,21H/b11-8+,21-13?. The molecule has 27 heavy (non-hydrogen) atoms. The molecule has 0 atom stereocenters. The van der Waals surface area contributed by atoms with Gasteiger partial charge in [-0.15, -0.1) is 0 Å². The van der Waals surface area contributed by atoms with E-state index in [9.17, 15) is 18.0 Å². The lowest BCUT2D eigenvalue weighted by Crippen LogP contribution is -2.35. The van der Waals surface area contributed by atoms with Gasteiger partial charge in [0, 0.05) is 5.56 Å². The van der Waals surface area contributed by atoms with Crippen LogP contribution in [0.1, 0.15) is 5.76 Å². The molecule has 1 aromatic carbocycles. The van der Waals surface area contributed by atoms with E-state index in [1.807, 2.05) is 30.3 Å². The first-order valence-corrected chi connectivity index (χ1v) is 8.37. The van der Waals surface area contributed by atoms with Crippen LogP contribution < -0.4 is 0 Å². The fraction of sp³-hybridized carbons (Fsp3) is 0.0588. The molecule has 6 nitrogen and oxygen atoms in total. The first-order chi connectivity index (χ1) is 12.8. The van der Waals surface area contributed by atoms with Crippen LogP contribution in [-0.2, 0) is 4.79 Å². The summed E-state index contributed by atoms with van der Waals surface area (Å²) in [6.45, 7) is 0. The molecule has 2 aliphatic rings. The fourth-order valence-electron chi connectivity index (χ4n) is 2.44. The van der Waals surface area contributed by atoms with Crippen molar-refractivity contribution in [1.29, 1.82) is 5.41 Å². The van der Waals surface area contributed by atoms with E-state index in [1.165, 1.54) is 6.08 Å². The maximum atomic E-state index is 12.8. The van der Waals surface area contributed by atoms with Gasteiger partial charge in [-0.1, -0.05) is 30.3 Å². The third kappa shape index (κ3) is 3.19. The van der Waals surface area contributed by atoms with E-state index in [-0.39, 0.29) is 28.3 Å². The quantitative estimate of drug-likeness (QED) is 0.782. The Hall–Kier alpha value is -3.14. The first kappa shape index (κ1) is 17.3. The predicted octanol–water partition coefficient (Wildman–Crippen LogP) is 4.13. The van der Waals surface area contributed by atoms with Crippen LogP contribution in [0.25, 0.3) is 17.4 Å². The second kappa shape index (κ2) is 6.23. The Morgan fingerprint density at radius 1 is 1.15 bits per heavy atom. The zero-order valence-corrected chi connectivity index (χ0v) is 14.1. The van der Waals surface area contributed by atoms with Crippen LogP contribution in [0, 0.1) is 5.41 Å². The number of thioether (sulfide) groups is 1. The van der Waals surface area contributed by atoms with Crippen LogP contribution in [0.3, 0.4) is 0 Å². The number of fused-ring (bicyclic) bond motifs is 1. The number of aliphatic imine (C=N–C) groups is 1. The molecule has 4 rings (SSSR count). The summed E-state index contributed by atoms with van der Waals surface area (Å²) >= 11 is 0.207. The van der Waals surface area contributed by atoms with Crippen LogP contribution in [0.2, 0.25) is 0 Å². The summed E-state index contributed by atoms with van der Waals surface area (Å²) in [6, 6.07) is 12.5. The Morgan fingerprint density at radius 3 is 2.59 bits per heavy atom. The average molecular weight is 390 g/mol. The minimum absolute atomic E-state index is 0.207. The lowest BCUT2D eigenvalue weighted by molar-refractivity contribution is -0.114. The molecule has 0 saturated heterocycles. The van der Waals surface area contributed by atoms with Crippen molar-refractivity contribution in [1.82, 2.24) is 5.01 Å². The van der Waals surface area contributed by atoms with Crippen LogP contribution in [-0.4, -0.2) is 33.1 Å². The third-order valence-electron chi connectivity index (χ3n) is 3.67. The van der Waals surface area contributed by atoms with Crippen molar-refractivity contribution < 1.29 is 22.4 Å². The Balaban J connectivity index is 1.66. The molecular formula is C17H9F3N4O2S. The monoisotopic (exact) mass is 390 g/mol. The smallest absolute Gasteiger partial charge is 0.441 e. The summed E-state index contributed by atoms with van der Waals surface area (Å²) in [5.41, 5.74) is 0.614. The van der Waals surface area contributed by atoms with Gasteiger partial charge < -0.3 is 4.42 Å². The van der Waals surface area contributed by atoms with E-state index < -0.39 is 23.0 Å².